The van der Waals surface area contributed by atoms with Crippen molar-refractivity contribution in [3.05, 3.63) is 71.5 Å². The second-order valence-electron chi connectivity index (χ2n) is 6.97. The van der Waals surface area contributed by atoms with E-state index in [0.717, 1.165) is 30.9 Å². The maximum Gasteiger partial charge on any atom is 0.261 e. The molecule has 1 fully saturated rings. The Hall–Kier alpha value is -2.92. The van der Waals surface area contributed by atoms with Crippen LogP contribution in [0.4, 0.5) is 5.69 Å². The third-order valence-electron chi connectivity index (χ3n) is 4.93. The predicted octanol–water partition coefficient (Wildman–Crippen LogP) is 4.50. The molecule has 1 aromatic heterocycles. The van der Waals surface area contributed by atoms with Crippen LogP contribution in [-0.4, -0.2) is 29.1 Å². The highest BCUT2D eigenvalue weighted by molar-refractivity contribution is 6.08. The summed E-state index contributed by atoms with van der Waals surface area (Å²) in [7, 11) is 0. The monoisotopic (exact) mass is 361 g/mol. The molecule has 1 aliphatic heterocycles. The van der Waals surface area contributed by atoms with E-state index < -0.39 is 0 Å². The Kier molecular flexibility index (Phi) is 5.03. The highest BCUT2D eigenvalue weighted by atomic mass is 16.5. The van der Waals surface area contributed by atoms with E-state index in [4.69, 9.17) is 4.52 Å². The summed E-state index contributed by atoms with van der Waals surface area (Å²) in [4.78, 5) is 15.4. The molecular weight excluding hydrogens is 338 g/mol. The lowest BCUT2D eigenvalue weighted by Crippen LogP contribution is -2.18. The summed E-state index contributed by atoms with van der Waals surface area (Å²) in [6.45, 7) is 4.98. The van der Waals surface area contributed by atoms with Crippen molar-refractivity contribution in [3.8, 4) is 11.3 Å². The first kappa shape index (κ1) is 17.5. The number of carbonyl (C=O) groups excluding carboxylic acids is 1. The van der Waals surface area contributed by atoms with E-state index in [1.807, 2.05) is 48.5 Å². The van der Waals surface area contributed by atoms with Crippen LogP contribution >= 0.6 is 0 Å². The lowest BCUT2D eigenvalue weighted by atomic mass is 10.1. The Morgan fingerprint density at radius 1 is 1.11 bits per heavy atom. The fraction of sp³-hybridized carbons (Fsp3) is 0.273. The molecule has 1 N–H and O–H groups in total. The number of hydrogen-bond donors (Lipinski definition) is 1. The van der Waals surface area contributed by atoms with E-state index in [9.17, 15) is 4.79 Å². The Labute approximate surface area is 159 Å². The molecule has 0 atom stereocenters. The van der Waals surface area contributed by atoms with E-state index in [-0.39, 0.29) is 5.91 Å². The van der Waals surface area contributed by atoms with Gasteiger partial charge in [-0.2, -0.15) is 0 Å². The van der Waals surface area contributed by atoms with Crippen LogP contribution in [0.3, 0.4) is 0 Å². The van der Waals surface area contributed by atoms with E-state index in [1.165, 1.54) is 18.4 Å². The van der Waals surface area contributed by atoms with Crippen LogP contribution in [0, 0.1) is 6.92 Å². The molecule has 3 aromatic rings. The molecule has 5 nitrogen and oxygen atoms in total. The summed E-state index contributed by atoms with van der Waals surface area (Å²) in [6.07, 6.45) is 2.54. The van der Waals surface area contributed by atoms with Gasteiger partial charge in [-0.25, -0.2) is 0 Å². The Morgan fingerprint density at radius 3 is 2.67 bits per heavy atom. The quantitative estimate of drug-likeness (QED) is 0.727. The molecule has 0 saturated carbocycles. The molecular formula is C22H23N3O2. The third-order valence-corrected chi connectivity index (χ3v) is 4.93. The van der Waals surface area contributed by atoms with E-state index >= 15 is 0 Å². The van der Waals surface area contributed by atoms with Gasteiger partial charge >= 0.3 is 0 Å². The maximum absolute atomic E-state index is 12.9. The van der Waals surface area contributed by atoms with Crippen LogP contribution in [0.15, 0.2) is 59.1 Å². The molecule has 0 radical (unpaired) electrons. The topological polar surface area (TPSA) is 58.4 Å². The zero-order valence-corrected chi connectivity index (χ0v) is 15.4. The van der Waals surface area contributed by atoms with Crippen molar-refractivity contribution >= 4 is 11.6 Å². The number of nitrogens with zero attached hydrogens (tertiary/aromatic N) is 2. The van der Waals surface area contributed by atoms with Crippen LogP contribution in [0.5, 0.6) is 0 Å². The lowest BCUT2D eigenvalue weighted by Gasteiger charge is -2.15. The first-order valence-electron chi connectivity index (χ1n) is 9.35. The molecule has 2 heterocycles. The minimum absolute atomic E-state index is 0.203. The van der Waals surface area contributed by atoms with Gasteiger partial charge in [-0.1, -0.05) is 47.6 Å². The number of nitrogens with one attached hydrogen (secondary N) is 1. The Balaban J connectivity index is 1.54. The summed E-state index contributed by atoms with van der Waals surface area (Å²) >= 11 is 0. The number of aromatic nitrogens is 1. The molecule has 0 aliphatic carbocycles. The van der Waals surface area contributed by atoms with Crippen LogP contribution in [0.25, 0.3) is 11.3 Å². The van der Waals surface area contributed by atoms with Crippen LogP contribution in [-0.2, 0) is 6.54 Å². The minimum Gasteiger partial charge on any atom is -0.360 e. The number of rotatable bonds is 5. The number of carbonyl (C=O) groups is 1. The maximum atomic E-state index is 12.9. The van der Waals surface area contributed by atoms with Crippen LogP contribution < -0.4 is 5.32 Å². The highest BCUT2D eigenvalue weighted by Crippen LogP contribution is 2.26. The Morgan fingerprint density at radius 2 is 1.89 bits per heavy atom. The summed E-state index contributed by atoms with van der Waals surface area (Å²) in [5.41, 5.74) is 3.91. The molecule has 27 heavy (non-hydrogen) atoms. The van der Waals surface area contributed by atoms with Gasteiger partial charge in [-0.3, -0.25) is 9.69 Å². The van der Waals surface area contributed by atoms with Gasteiger partial charge in [0.15, 0.2) is 0 Å². The zero-order valence-electron chi connectivity index (χ0n) is 15.4. The van der Waals surface area contributed by atoms with Crippen molar-refractivity contribution in [2.75, 3.05) is 18.4 Å². The second kappa shape index (κ2) is 7.76. The van der Waals surface area contributed by atoms with Crippen LogP contribution in [0.1, 0.15) is 34.5 Å². The van der Waals surface area contributed by atoms with Crippen molar-refractivity contribution in [3.63, 3.8) is 0 Å². The van der Waals surface area contributed by atoms with Crippen molar-refractivity contribution in [1.29, 1.82) is 0 Å². The van der Waals surface area contributed by atoms with Crippen LogP contribution in [0.2, 0.25) is 0 Å². The molecule has 2 aromatic carbocycles. The largest absolute Gasteiger partial charge is 0.360 e. The second-order valence-corrected chi connectivity index (χ2v) is 6.97. The standard InChI is InChI=1S/C22H23N3O2/c1-16-20(21(24-27-16)18-9-3-2-4-10-18)22(26)23-19-11-7-8-17(14-19)15-25-12-5-6-13-25/h2-4,7-11,14H,5-6,12-13,15H2,1H3,(H,23,26). The molecule has 0 bridgehead atoms. The smallest absolute Gasteiger partial charge is 0.261 e. The van der Waals surface area contributed by atoms with E-state index in [1.54, 1.807) is 6.92 Å². The number of benzene rings is 2. The summed E-state index contributed by atoms with van der Waals surface area (Å²) < 4.78 is 5.30. The molecule has 138 valence electrons. The molecule has 0 spiro atoms. The van der Waals surface area contributed by atoms with Gasteiger partial charge in [0.05, 0.1) is 0 Å². The molecule has 1 amide bonds. The summed E-state index contributed by atoms with van der Waals surface area (Å²) in [5.74, 6) is 0.311. The van der Waals surface area contributed by atoms with E-state index in [0.29, 0.717) is 17.0 Å². The molecule has 1 saturated heterocycles. The minimum atomic E-state index is -0.203. The number of likely N-dealkylation sites (tertiary alicyclic amines) is 1. The molecule has 4 rings (SSSR count). The predicted molar refractivity (Wildman–Crippen MR) is 106 cm³/mol. The van der Waals surface area contributed by atoms with Crippen molar-refractivity contribution in [2.45, 2.75) is 26.3 Å². The van der Waals surface area contributed by atoms with Gasteiger partial charge in [0.2, 0.25) is 0 Å². The van der Waals surface area contributed by atoms with Gasteiger partial charge in [0.25, 0.3) is 5.91 Å². The first-order valence-corrected chi connectivity index (χ1v) is 9.35. The third kappa shape index (κ3) is 3.93. The lowest BCUT2D eigenvalue weighted by molar-refractivity contribution is 0.102. The molecule has 5 heteroatoms. The fourth-order valence-corrected chi connectivity index (χ4v) is 3.57. The van der Waals surface area contributed by atoms with Gasteiger partial charge in [0, 0.05) is 17.8 Å². The molecule has 0 unspecified atom stereocenters. The summed E-state index contributed by atoms with van der Waals surface area (Å²) in [5, 5.41) is 7.10. The number of anilines is 1. The summed E-state index contributed by atoms with van der Waals surface area (Å²) in [6, 6.07) is 17.7. The average molecular weight is 361 g/mol. The average Bonchev–Trinajstić information content (AvgIpc) is 3.32. The fourth-order valence-electron chi connectivity index (χ4n) is 3.57. The Bertz CT molecular complexity index is 928. The van der Waals surface area contributed by atoms with Gasteiger partial charge in [-0.05, 0) is 50.6 Å². The molecule has 1 aliphatic rings. The number of hydrogen-bond acceptors (Lipinski definition) is 4. The van der Waals surface area contributed by atoms with E-state index in [2.05, 4.69) is 21.4 Å². The van der Waals surface area contributed by atoms with Gasteiger partial charge in [-0.15, -0.1) is 0 Å². The SMILES string of the molecule is Cc1onc(-c2ccccc2)c1C(=O)Nc1cccc(CN2CCCC2)c1. The number of amides is 1. The van der Waals surface area contributed by atoms with Gasteiger partial charge in [0.1, 0.15) is 17.0 Å². The highest BCUT2D eigenvalue weighted by Gasteiger charge is 2.21. The van der Waals surface area contributed by atoms with Gasteiger partial charge < -0.3 is 9.84 Å². The van der Waals surface area contributed by atoms with Crippen molar-refractivity contribution in [2.24, 2.45) is 0 Å². The first-order chi connectivity index (χ1) is 13.2. The van der Waals surface area contributed by atoms with Crippen molar-refractivity contribution < 1.29 is 9.32 Å². The zero-order chi connectivity index (χ0) is 18.6. The van der Waals surface area contributed by atoms with Crippen molar-refractivity contribution in [1.82, 2.24) is 10.1 Å². The number of aryl methyl sites for hydroxylation is 1. The normalized spacial score (nSPS) is 14.4.